The lowest BCUT2D eigenvalue weighted by atomic mass is 9.79. The third kappa shape index (κ3) is 3.91. The predicted molar refractivity (Wildman–Crippen MR) is 110 cm³/mol. The van der Waals surface area contributed by atoms with Crippen molar-refractivity contribution in [3.63, 3.8) is 0 Å². The Bertz CT molecular complexity index is 865. The maximum absolute atomic E-state index is 11.8. The monoisotopic (exact) mass is 379 g/mol. The number of ether oxygens (including phenoxy) is 1. The van der Waals surface area contributed by atoms with Crippen LogP contribution in [0.2, 0.25) is 0 Å². The Morgan fingerprint density at radius 2 is 2.18 bits per heavy atom. The van der Waals surface area contributed by atoms with Crippen molar-refractivity contribution in [1.82, 2.24) is 10.9 Å². The van der Waals surface area contributed by atoms with E-state index in [9.17, 15) is 4.79 Å². The van der Waals surface area contributed by atoms with Crippen molar-refractivity contribution in [3.8, 4) is 5.75 Å². The van der Waals surface area contributed by atoms with Gasteiger partial charge in [0.05, 0.1) is 7.11 Å². The number of carbonyl (C=O) groups excluding carboxylic acids is 1. The van der Waals surface area contributed by atoms with Gasteiger partial charge in [-0.05, 0) is 78.8 Å². The molecule has 0 fully saturated rings. The number of amides is 1. The SMILES string of the molecule is COc1cccc2c1CCCC2CCC(N)Cc1ccc2c(c1)CNNC2=O. The lowest BCUT2D eigenvalue weighted by molar-refractivity contribution is 0.0920. The van der Waals surface area contributed by atoms with Crippen LogP contribution in [0.4, 0.5) is 0 Å². The fraction of sp³-hybridized carbons (Fsp3) is 0.435. The van der Waals surface area contributed by atoms with Gasteiger partial charge < -0.3 is 10.5 Å². The molecule has 2 atom stereocenters. The van der Waals surface area contributed by atoms with Crippen LogP contribution in [0.15, 0.2) is 36.4 Å². The van der Waals surface area contributed by atoms with Gasteiger partial charge in [0.2, 0.25) is 0 Å². The molecule has 0 bridgehead atoms. The van der Waals surface area contributed by atoms with Crippen LogP contribution in [-0.2, 0) is 19.4 Å². The Morgan fingerprint density at radius 1 is 1.29 bits per heavy atom. The molecule has 4 N–H and O–H groups in total. The molecule has 1 aliphatic carbocycles. The van der Waals surface area contributed by atoms with E-state index in [-0.39, 0.29) is 11.9 Å². The lowest BCUT2D eigenvalue weighted by Gasteiger charge is -2.28. The van der Waals surface area contributed by atoms with Gasteiger partial charge >= 0.3 is 0 Å². The number of methoxy groups -OCH3 is 1. The first-order valence-electron chi connectivity index (χ1n) is 10.2. The molecule has 5 heteroatoms. The van der Waals surface area contributed by atoms with Crippen molar-refractivity contribution in [1.29, 1.82) is 0 Å². The molecular formula is C23H29N3O2. The number of hydrazine groups is 1. The normalized spacial score (nSPS) is 19.4. The zero-order valence-electron chi connectivity index (χ0n) is 16.5. The summed E-state index contributed by atoms with van der Waals surface area (Å²) in [5.41, 5.74) is 17.9. The molecule has 0 saturated carbocycles. The van der Waals surface area contributed by atoms with E-state index in [1.54, 1.807) is 7.11 Å². The zero-order valence-corrected chi connectivity index (χ0v) is 16.5. The number of fused-ring (bicyclic) bond motifs is 2. The van der Waals surface area contributed by atoms with E-state index in [0.717, 1.165) is 42.6 Å². The number of rotatable bonds is 6. The molecule has 1 amide bonds. The van der Waals surface area contributed by atoms with Gasteiger partial charge in [0.1, 0.15) is 5.75 Å². The van der Waals surface area contributed by atoms with Crippen molar-refractivity contribution in [2.75, 3.05) is 7.11 Å². The molecule has 0 radical (unpaired) electrons. The third-order valence-corrected chi connectivity index (χ3v) is 6.09. The Morgan fingerprint density at radius 3 is 3.04 bits per heavy atom. The Kier molecular flexibility index (Phi) is 5.64. The largest absolute Gasteiger partial charge is 0.496 e. The third-order valence-electron chi connectivity index (χ3n) is 6.09. The van der Waals surface area contributed by atoms with Crippen molar-refractivity contribution in [2.45, 2.75) is 57.0 Å². The maximum Gasteiger partial charge on any atom is 0.265 e. The highest BCUT2D eigenvalue weighted by Crippen LogP contribution is 2.39. The minimum Gasteiger partial charge on any atom is -0.496 e. The standard InChI is InChI=1S/C23H29N3O2/c1-28-22-7-3-5-19-16(4-2-6-21(19)22)9-10-18(24)13-15-8-11-20-17(12-15)14-25-26-23(20)27/h3,5,7-8,11-12,16,18,25H,2,4,6,9-10,13-14,24H2,1H3,(H,26,27). The average Bonchev–Trinajstić information content (AvgIpc) is 2.72. The zero-order chi connectivity index (χ0) is 19.5. The average molecular weight is 380 g/mol. The molecule has 0 spiro atoms. The van der Waals surface area contributed by atoms with E-state index in [4.69, 9.17) is 10.5 Å². The van der Waals surface area contributed by atoms with Crippen molar-refractivity contribution < 1.29 is 9.53 Å². The molecule has 2 aromatic carbocycles. The number of hydrogen-bond acceptors (Lipinski definition) is 4. The van der Waals surface area contributed by atoms with E-state index in [2.05, 4.69) is 35.1 Å². The summed E-state index contributed by atoms with van der Waals surface area (Å²) in [5.74, 6) is 1.53. The van der Waals surface area contributed by atoms with E-state index >= 15 is 0 Å². The lowest BCUT2D eigenvalue weighted by Crippen LogP contribution is -2.42. The number of hydrogen-bond donors (Lipinski definition) is 3. The summed E-state index contributed by atoms with van der Waals surface area (Å²) < 4.78 is 5.56. The second-order valence-electron chi connectivity index (χ2n) is 7.96. The molecule has 148 valence electrons. The summed E-state index contributed by atoms with van der Waals surface area (Å²) >= 11 is 0. The summed E-state index contributed by atoms with van der Waals surface area (Å²) in [6, 6.07) is 12.6. The highest BCUT2D eigenvalue weighted by atomic mass is 16.5. The topological polar surface area (TPSA) is 76.4 Å². The Hall–Kier alpha value is -2.37. The van der Waals surface area contributed by atoms with Gasteiger partial charge in [-0.3, -0.25) is 10.2 Å². The molecule has 2 aromatic rings. The summed E-state index contributed by atoms with van der Waals surface area (Å²) in [6.07, 6.45) is 6.50. The van der Waals surface area contributed by atoms with E-state index < -0.39 is 0 Å². The quantitative estimate of drug-likeness (QED) is 0.720. The maximum atomic E-state index is 11.8. The molecule has 28 heavy (non-hydrogen) atoms. The van der Waals surface area contributed by atoms with Crippen molar-refractivity contribution in [2.24, 2.45) is 5.73 Å². The second kappa shape index (κ2) is 8.33. The highest BCUT2D eigenvalue weighted by Gasteiger charge is 2.23. The number of nitrogens with two attached hydrogens (primary N) is 1. The van der Waals surface area contributed by atoms with Crippen LogP contribution in [0, 0.1) is 0 Å². The highest BCUT2D eigenvalue weighted by molar-refractivity contribution is 5.96. The minimum absolute atomic E-state index is 0.0662. The molecule has 5 nitrogen and oxygen atoms in total. The summed E-state index contributed by atoms with van der Waals surface area (Å²) in [5, 5.41) is 0. The van der Waals surface area contributed by atoms with Gasteiger partial charge in [-0.2, -0.15) is 0 Å². The second-order valence-corrected chi connectivity index (χ2v) is 7.96. The van der Waals surface area contributed by atoms with Gasteiger partial charge in [0.25, 0.3) is 5.91 Å². The first-order chi connectivity index (χ1) is 13.7. The van der Waals surface area contributed by atoms with Crippen LogP contribution in [0.1, 0.15) is 64.2 Å². The van der Waals surface area contributed by atoms with Gasteiger partial charge in [0.15, 0.2) is 0 Å². The molecule has 0 saturated heterocycles. The van der Waals surface area contributed by atoms with Crippen LogP contribution in [0.5, 0.6) is 5.75 Å². The first kappa shape index (κ1) is 19.0. The van der Waals surface area contributed by atoms with Crippen LogP contribution < -0.4 is 21.3 Å². The Balaban J connectivity index is 1.38. The van der Waals surface area contributed by atoms with Crippen molar-refractivity contribution in [3.05, 3.63) is 64.2 Å². The minimum atomic E-state index is -0.0662. The van der Waals surface area contributed by atoms with E-state index in [1.165, 1.54) is 29.5 Å². The van der Waals surface area contributed by atoms with Crippen LogP contribution >= 0.6 is 0 Å². The molecule has 4 rings (SSSR count). The molecule has 1 heterocycles. The fourth-order valence-electron chi connectivity index (χ4n) is 4.65. The molecule has 1 aliphatic heterocycles. The molecule has 2 aliphatic rings. The number of carbonyl (C=O) groups is 1. The van der Waals surface area contributed by atoms with Crippen LogP contribution in [-0.4, -0.2) is 19.1 Å². The fourth-order valence-corrected chi connectivity index (χ4v) is 4.65. The van der Waals surface area contributed by atoms with Crippen LogP contribution in [0.3, 0.4) is 0 Å². The van der Waals surface area contributed by atoms with Gasteiger partial charge in [0, 0.05) is 18.2 Å². The summed E-state index contributed by atoms with van der Waals surface area (Å²) in [4.78, 5) is 11.8. The van der Waals surface area contributed by atoms with Gasteiger partial charge in [-0.25, -0.2) is 5.43 Å². The van der Waals surface area contributed by atoms with Crippen molar-refractivity contribution >= 4 is 5.91 Å². The van der Waals surface area contributed by atoms with E-state index in [1.807, 2.05) is 12.1 Å². The molecular weight excluding hydrogens is 350 g/mol. The summed E-state index contributed by atoms with van der Waals surface area (Å²) in [6.45, 7) is 0.658. The van der Waals surface area contributed by atoms with Crippen LogP contribution in [0.25, 0.3) is 0 Å². The summed E-state index contributed by atoms with van der Waals surface area (Å²) in [7, 11) is 1.76. The number of benzene rings is 2. The van der Waals surface area contributed by atoms with Gasteiger partial charge in [-0.15, -0.1) is 0 Å². The number of nitrogens with one attached hydrogen (secondary N) is 2. The Labute approximate surface area is 166 Å². The molecule has 2 unspecified atom stereocenters. The smallest absolute Gasteiger partial charge is 0.265 e. The molecule has 0 aromatic heterocycles. The predicted octanol–water partition coefficient (Wildman–Crippen LogP) is 3.21. The first-order valence-corrected chi connectivity index (χ1v) is 10.2. The van der Waals surface area contributed by atoms with E-state index in [0.29, 0.717) is 12.5 Å². The van der Waals surface area contributed by atoms with Gasteiger partial charge in [-0.1, -0.05) is 24.3 Å².